The molecule has 9 aromatic rings. The molecule has 4 aliphatic rings. The number of anilines is 1. The van der Waals surface area contributed by atoms with E-state index in [2.05, 4.69) is 62.8 Å². The molecule has 15 nitrogen and oxygen atoms in total. The van der Waals surface area contributed by atoms with Crippen LogP contribution in [0.1, 0.15) is 79.1 Å². The quantitative estimate of drug-likeness (QED) is 0.0780. The minimum absolute atomic E-state index is 0.0827. The van der Waals surface area contributed by atoms with Gasteiger partial charge >= 0.3 is 18.3 Å². The average Bonchev–Trinajstić information content (AvgIpc) is 2.50. The number of rotatable bonds is 11. The number of aryl methyl sites for hydroxylation is 3. The van der Waals surface area contributed by atoms with Gasteiger partial charge in [-0.3, -0.25) is 22.8 Å². The van der Waals surface area contributed by atoms with E-state index in [0.29, 0.717) is 69.3 Å². The number of aromatic carboxylic acids is 1. The second-order valence-corrected chi connectivity index (χ2v) is 24.3. The van der Waals surface area contributed by atoms with E-state index in [1.54, 1.807) is 17.5 Å². The summed E-state index contributed by atoms with van der Waals surface area (Å²) in [6.07, 6.45) is -1.12. The number of piperidine rings is 2. The fraction of sp³-hybridized carbons (Fsp3) is 0.357. The summed E-state index contributed by atoms with van der Waals surface area (Å²) in [5.41, 5.74) is 13.1. The molecule has 2 amide bonds. The first-order valence-corrected chi connectivity index (χ1v) is 30.4. The third-order valence-corrected chi connectivity index (χ3v) is 18.0. The van der Waals surface area contributed by atoms with Crippen molar-refractivity contribution in [2.45, 2.75) is 65.6 Å². The Labute approximate surface area is 496 Å². The van der Waals surface area contributed by atoms with E-state index < -0.39 is 30.2 Å². The molecule has 82 heavy (non-hydrogen) atoms. The summed E-state index contributed by atoms with van der Waals surface area (Å²) in [5.74, 6) is -4.00. The van der Waals surface area contributed by atoms with Gasteiger partial charge < -0.3 is 31.7 Å². The van der Waals surface area contributed by atoms with Crippen molar-refractivity contribution in [1.29, 1.82) is 0 Å². The zero-order valence-corrected chi connectivity index (χ0v) is 50.0. The van der Waals surface area contributed by atoms with E-state index in [-0.39, 0.29) is 41.2 Å². The molecule has 434 valence electrons. The Morgan fingerprint density at radius 2 is 1.01 bits per heavy atom. The number of fused-ring (bicyclic) bond motifs is 5. The second-order valence-electron chi connectivity index (χ2n) is 19.9. The number of carbonyl (C=O) groups excluding carboxylic acids is 2. The first-order chi connectivity index (χ1) is 39.2. The monoisotopic (exact) mass is 1320 g/mol. The van der Waals surface area contributed by atoms with Crippen molar-refractivity contribution in [3.8, 4) is 0 Å². The molecule has 4 fully saturated rings. The van der Waals surface area contributed by atoms with Crippen molar-refractivity contribution in [3.63, 3.8) is 0 Å². The summed E-state index contributed by atoms with van der Waals surface area (Å²) in [4.78, 5) is 53.4. The first kappa shape index (κ1) is 60.4. The average molecular weight is 1320 g/mol. The summed E-state index contributed by atoms with van der Waals surface area (Å²) < 4.78 is 81.8. The van der Waals surface area contributed by atoms with Gasteiger partial charge in [-0.25, -0.2) is 19.7 Å². The molecule has 2 aliphatic carbocycles. The molecule has 2 saturated heterocycles. The van der Waals surface area contributed by atoms with E-state index in [1.807, 2.05) is 129 Å². The van der Waals surface area contributed by atoms with E-state index in [0.717, 1.165) is 58.5 Å². The van der Waals surface area contributed by atoms with Gasteiger partial charge in [0.25, 0.3) is 11.8 Å². The molecule has 6 N–H and O–H groups in total. The molecule has 26 heteroatoms. The highest BCUT2D eigenvalue weighted by atomic mass is 79.9. The van der Waals surface area contributed by atoms with Gasteiger partial charge in [0, 0.05) is 82.1 Å². The standard InChI is InChI=1S/C21H21F3N4OS.C15H14BrN3OS.C7H8BrN.C7H6N2O2S.C6H8F3N/c1-2-16-18(28-7-8-30-20(28)26-16)19(29)25-9-12-3-5-13(6-4-12)27-10-14-15(11-27)17(14)21(22,23)24;1-2-12-13(19-7-8-21-15(19)18-12)14(20)17-9-10-3-5-11(16)6-4-10;8-7-3-1-6(5-9)2-4-7;1-4-5(6(10)11)9-2-3-12-7(9)8-4;7-6(8,9)5-3-1-10-2-4(3)5/h3-8,14-15,17H,2,9-11H2,1H3,(H,25,29);3-8H,2,9H2,1H3,(H,17,20);1-4H,5,9H2;2-3H,1H3,(H,10,11);3-5,10H,1-2H2. The smallest absolute Gasteiger partial charge is 0.392 e. The van der Waals surface area contributed by atoms with Crippen molar-refractivity contribution in [2.24, 2.45) is 41.2 Å². The lowest BCUT2D eigenvalue weighted by atomic mass is 10.1. The van der Waals surface area contributed by atoms with Gasteiger partial charge in [0.05, 0.1) is 28.9 Å². The number of nitrogens with zero attached hydrogens (tertiary/aromatic N) is 7. The molecular formula is C56H57Br2F6N11O4S3. The fourth-order valence-electron chi connectivity index (χ4n) is 10.5. The van der Waals surface area contributed by atoms with Crippen molar-refractivity contribution in [2.75, 3.05) is 31.1 Å². The predicted octanol–water partition coefficient (Wildman–Crippen LogP) is 12.1. The van der Waals surface area contributed by atoms with Crippen molar-refractivity contribution >= 4 is 104 Å². The van der Waals surface area contributed by atoms with Crippen LogP contribution in [0.4, 0.5) is 32.0 Å². The topological polar surface area (TPSA) is 189 Å². The Kier molecular flexibility index (Phi) is 19.0. The number of halogens is 8. The van der Waals surface area contributed by atoms with Gasteiger partial charge in [-0.1, -0.05) is 82.1 Å². The highest BCUT2D eigenvalue weighted by Gasteiger charge is 2.67. The van der Waals surface area contributed by atoms with Crippen LogP contribution >= 0.6 is 65.9 Å². The Morgan fingerprint density at radius 3 is 1.40 bits per heavy atom. The third-order valence-electron chi connectivity index (χ3n) is 14.7. The molecule has 0 bridgehead atoms. The molecule has 2 saturated carbocycles. The number of imidazole rings is 3. The van der Waals surface area contributed by atoms with Gasteiger partial charge in [-0.2, -0.15) is 26.3 Å². The fourth-order valence-corrected chi connectivity index (χ4v) is 13.2. The predicted molar refractivity (Wildman–Crippen MR) is 313 cm³/mol. The molecule has 2 aliphatic heterocycles. The lowest BCUT2D eigenvalue weighted by Crippen LogP contribution is -2.28. The molecule has 13 rings (SSSR count). The number of nitrogens with one attached hydrogen (secondary N) is 3. The molecule has 8 heterocycles. The lowest BCUT2D eigenvalue weighted by molar-refractivity contribution is -0.155. The number of amides is 2. The van der Waals surface area contributed by atoms with Crippen LogP contribution in [0, 0.1) is 42.4 Å². The maximum atomic E-state index is 12.9. The van der Waals surface area contributed by atoms with E-state index in [1.165, 1.54) is 39.6 Å². The minimum atomic E-state index is -4.06. The Morgan fingerprint density at radius 1 is 0.622 bits per heavy atom. The number of hydrogen-bond acceptors (Lipinski definition) is 12. The van der Waals surface area contributed by atoms with Gasteiger partial charge in [-0.05, 0) is 110 Å². The summed E-state index contributed by atoms with van der Waals surface area (Å²) in [6, 6.07) is 23.6. The lowest BCUT2D eigenvalue weighted by Gasteiger charge is -2.23. The summed E-state index contributed by atoms with van der Waals surface area (Å²) in [5, 5.41) is 23.3. The number of nitrogens with two attached hydrogens (primary N) is 1. The number of carboxylic acids is 1. The van der Waals surface area contributed by atoms with E-state index in [4.69, 9.17) is 10.8 Å². The first-order valence-electron chi connectivity index (χ1n) is 26.2. The molecule has 0 radical (unpaired) electrons. The molecule has 6 aromatic heterocycles. The number of carbonyl (C=O) groups is 3. The van der Waals surface area contributed by atoms with E-state index in [9.17, 15) is 40.7 Å². The number of aromatic nitrogens is 6. The number of benzene rings is 3. The van der Waals surface area contributed by atoms with Gasteiger partial charge in [0.1, 0.15) is 11.4 Å². The SMILES string of the molecule is CCc1nc2sccn2c1C(=O)NCc1ccc(Br)cc1.CCc1nc2sccn2c1C(=O)NCc1ccc(N2CC3C(C2)C3C(F)(F)F)cc1.Cc1nc2sccn2c1C(=O)O.FC(F)(F)C1C2CNCC21.NCc1ccc(Br)cc1. The van der Waals surface area contributed by atoms with Crippen LogP contribution in [0.2, 0.25) is 0 Å². The highest BCUT2D eigenvalue weighted by molar-refractivity contribution is 9.10. The maximum absolute atomic E-state index is 12.9. The summed E-state index contributed by atoms with van der Waals surface area (Å²) in [7, 11) is 0. The molecule has 4 unspecified atom stereocenters. The van der Waals surface area contributed by atoms with Crippen molar-refractivity contribution in [1.82, 2.24) is 44.1 Å². The highest BCUT2D eigenvalue weighted by Crippen LogP contribution is 2.60. The molecule has 4 atom stereocenters. The van der Waals surface area contributed by atoms with Crippen LogP contribution in [0.5, 0.6) is 0 Å². The van der Waals surface area contributed by atoms with Crippen LogP contribution in [0.3, 0.4) is 0 Å². The van der Waals surface area contributed by atoms with Crippen LogP contribution in [-0.4, -0.2) is 89.6 Å². The number of thiazole rings is 3. The largest absolute Gasteiger partial charge is 0.477 e. The number of hydrogen-bond donors (Lipinski definition) is 5. The Bertz CT molecular complexity index is 3630. The second kappa shape index (κ2) is 25.8. The van der Waals surface area contributed by atoms with Crippen molar-refractivity contribution in [3.05, 3.63) is 167 Å². The summed E-state index contributed by atoms with van der Waals surface area (Å²) in [6.45, 7) is 9.23. The van der Waals surface area contributed by atoms with Gasteiger partial charge in [0.2, 0.25) is 0 Å². The zero-order valence-electron chi connectivity index (χ0n) is 44.3. The normalized spacial score (nSPS) is 19.4. The number of alkyl halides is 6. The third kappa shape index (κ3) is 13.9. The van der Waals surface area contributed by atoms with Gasteiger partial charge in [-0.15, -0.1) is 34.0 Å². The van der Waals surface area contributed by atoms with Crippen molar-refractivity contribution < 1.29 is 45.8 Å². The Hall–Kier alpha value is -6.16. The van der Waals surface area contributed by atoms with Crippen LogP contribution in [0.15, 0.2) is 116 Å². The van der Waals surface area contributed by atoms with Gasteiger partial charge in [0.15, 0.2) is 20.6 Å². The van der Waals surface area contributed by atoms with E-state index >= 15 is 0 Å². The maximum Gasteiger partial charge on any atom is 0.392 e. The molecule has 3 aromatic carbocycles. The van der Waals surface area contributed by atoms with Crippen LogP contribution < -0.4 is 26.6 Å². The molecular weight excluding hydrogens is 1260 g/mol. The number of carboxylic acid groups (broad SMARTS) is 1. The Balaban J connectivity index is 0.000000134. The van der Waals surface area contributed by atoms with Crippen LogP contribution in [0.25, 0.3) is 14.9 Å². The molecule has 0 spiro atoms. The zero-order chi connectivity index (χ0) is 58.6. The van der Waals surface area contributed by atoms with Crippen LogP contribution in [-0.2, 0) is 32.5 Å². The summed E-state index contributed by atoms with van der Waals surface area (Å²) >= 11 is 11.2. The minimum Gasteiger partial charge on any atom is -0.477 e.